The summed E-state index contributed by atoms with van der Waals surface area (Å²) in [6.07, 6.45) is 0. The second kappa shape index (κ2) is 11.2. The zero-order chi connectivity index (χ0) is 27.4. The molecular weight excluding hydrogens is 520 g/mol. The smallest absolute Gasteiger partial charge is 0.264 e. The molecule has 4 rings (SSSR count). The first-order chi connectivity index (χ1) is 18.1. The molecule has 4 aromatic carbocycles. The van der Waals surface area contributed by atoms with Crippen molar-refractivity contribution in [1.82, 2.24) is 0 Å². The van der Waals surface area contributed by atoms with Gasteiger partial charge < -0.3 is 5.32 Å². The van der Waals surface area contributed by atoms with Gasteiger partial charge in [-0.2, -0.15) is 0 Å². The fourth-order valence-corrected chi connectivity index (χ4v) is 5.76. The number of carbonyl (C=O) groups excluding carboxylic acids is 2. The Morgan fingerprint density at radius 3 is 2.13 bits per heavy atom. The van der Waals surface area contributed by atoms with Crippen LogP contribution in [0.2, 0.25) is 5.02 Å². The Hall–Kier alpha value is -3.94. The lowest BCUT2D eigenvalue weighted by atomic mass is 10.0. The number of hydrogen-bond acceptors (Lipinski definition) is 4. The molecule has 0 aliphatic rings. The summed E-state index contributed by atoms with van der Waals surface area (Å²) in [6, 6.07) is 25.0. The average molecular weight is 547 g/mol. The van der Waals surface area contributed by atoms with Crippen molar-refractivity contribution in [3.63, 3.8) is 0 Å². The Bertz CT molecular complexity index is 1600. The van der Waals surface area contributed by atoms with E-state index in [9.17, 15) is 18.0 Å². The number of halogens is 1. The summed E-state index contributed by atoms with van der Waals surface area (Å²) in [7, 11) is -4.09. The number of hydrogen-bond donors (Lipinski definition) is 1. The van der Waals surface area contributed by atoms with Crippen molar-refractivity contribution in [2.75, 3.05) is 16.2 Å². The number of benzene rings is 4. The predicted molar refractivity (Wildman–Crippen MR) is 152 cm³/mol. The van der Waals surface area contributed by atoms with Crippen LogP contribution in [0.4, 0.5) is 11.4 Å². The maximum absolute atomic E-state index is 13.7. The van der Waals surface area contributed by atoms with Gasteiger partial charge in [-0.05, 0) is 62.7 Å². The Labute approximate surface area is 227 Å². The van der Waals surface area contributed by atoms with Crippen molar-refractivity contribution in [3.05, 3.63) is 124 Å². The van der Waals surface area contributed by atoms with Crippen LogP contribution in [0.3, 0.4) is 0 Å². The molecule has 1 amide bonds. The molecule has 0 atom stereocenters. The first kappa shape index (κ1) is 27.1. The molecule has 8 heteroatoms. The van der Waals surface area contributed by atoms with E-state index in [1.807, 2.05) is 19.9 Å². The van der Waals surface area contributed by atoms with E-state index < -0.39 is 22.5 Å². The van der Waals surface area contributed by atoms with E-state index in [-0.39, 0.29) is 21.9 Å². The summed E-state index contributed by atoms with van der Waals surface area (Å²) in [5.41, 5.74) is 3.86. The highest BCUT2D eigenvalue weighted by atomic mass is 35.5. The molecule has 0 aliphatic heterocycles. The average Bonchev–Trinajstić information content (AvgIpc) is 2.89. The summed E-state index contributed by atoms with van der Waals surface area (Å²) >= 11 is 6.17. The van der Waals surface area contributed by atoms with Crippen LogP contribution in [0.15, 0.2) is 95.9 Å². The number of nitrogens with one attached hydrogen (secondary N) is 1. The molecule has 194 valence electrons. The van der Waals surface area contributed by atoms with Crippen LogP contribution in [-0.2, 0) is 14.8 Å². The molecular formula is C30H27ClN2O4S. The first-order valence-corrected chi connectivity index (χ1v) is 13.7. The predicted octanol–water partition coefficient (Wildman–Crippen LogP) is 6.33. The van der Waals surface area contributed by atoms with Gasteiger partial charge in [0.05, 0.1) is 16.3 Å². The monoisotopic (exact) mass is 546 g/mol. The van der Waals surface area contributed by atoms with Crippen molar-refractivity contribution < 1.29 is 18.0 Å². The van der Waals surface area contributed by atoms with E-state index >= 15 is 0 Å². The molecule has 0 unspecified atom stereocenters. The second-order valence-corrected chi connectivity index (χ2v) is 11.3. The summed E-state index contributed by atoms with van der Waals surface area (Å²) in [5.74, 6) is -0.924. The second-order valence-electron chi connectivity index (χ2n) is 9.05. The zero-order valence-electron chi connectivity index (χ0n) is 21.2. The maximum atomic E-state index is 13.7. The highest BCUT2D eigenvalue weighted by molar-refractivity contribution is 7.92. The molecule has 1 N–H and O–H groups in total. The van der Waals surface area contributed by atoms with Crippen molar-refractivity contribution in [2.24, 2.45) is 0 Å². The van der Waals surface area contributed by atoms with Gasteiger partial charge in [-0.1, -0.05) is 77.3 Å². The van der Waals surface area contributed by atoms with Crippen LogP contribution >= 0.6 is 11.6 Å². The van der Waals surface area contributed by atoms with E-state index in [4.69, 9.17) is 11.6 Å². The number of sulfonamides is 1. The third kappa shape index (κ3) is 5.96. The molecule has 0 aliphatic carbocycles. The van der Waals surface area contributed by atoms with Crippen molar-refractivity contribution in [2.45, 2.75) is 25.7 Å². The van der Waals surface area contributed by atoms with Crippen LogP contribution in [-0.4, -0.2) is 26.7 Å². The molecule has 4 aromatic rings. The van der Waals surface area contributed by atoms with Crippen LogP contribution in [0.1, 0.15) is 32.6 Å². The van der Waals surface area contributed by atoms with E-state index in [1.54, 1.807) is 67.6 Å². The number of amides is 1. The Balaban J connectivity index is 1.70. The molecule has 0 bridgehead atoms. The molecule has 0 saturated carbocycles. The fraction of sp³-hybridized carbons (Fsp3) is 0.133. The highest BCUT2D eigenvalue weighted by Crippen LogP contribution is 2.29. The minimum atomic E-state index is -4.09. The number of aryl methyl sites for hydroxylation is 3. The zero-order valence-corrected chi connectivity index (χ0v) is 22.8. The molecule has 0 radical (unpaired) electrons. The van der Waals surface area contributed by atoms with E-state index in [0.717, 1.165) is 15.4 Å². The highest BCUT2D eigenvalue weighted by Gasteiger charge is 2.29. The summed E-state index contributed by atoms with van der Waals surface area (Å²) in [5, 5.41) is 3.06. The number of ketones is 1. The lowest BCUT2D eigenvalue weighted by Gasteiger charge is -2.26. The van der Waals surface area contributed by atoms with Gasteiger partial charge in [0.2, 0.25) is 5.91 Å². The molecule has 0 aromatic heterocycles. The number of rotatable bonds is 8. The summed E-state index contributed by atoms with van der Waals surface area (Å²) in [6.45, 7) is 5.08. The molecule has 38 heavy (non-hydrogen) atoms. The van der Waals surface area contributed by atoms with Crippen molar-refractivity contribution in [1.29, 1.82) is 0 Å². The van der Waals surface area contributed by atoms with Gasteiger partial charge in [0, 0.05) is 16.1 Å². The van der Waals surface area contributed by atoms with Crippen LogP contribution < -0.4 is 9.62 Å². The Morgan fingerprint density at radius 2 is 1.47 bits per heavy atom. The number of anilines is 2. The van der Waals surface area contributed by atoms with Gasteiger partial charge in [0.1, 0.15) is 6.54 Å². The van der Waals surface area contributed by atoms with Crippen LogP contribution in [0.5, 0.6) is 0 Å². The third-order valence-electron chi connectivity index (χ3n) is 6.05. The normalized spacial score (nSPS) is 11.2. The van der Waals surface area contributed by atoms with Gasteiger partial charge in [-0.15, -0.1) is 0 Å². The maximum Gasteiger partial charge on any atom is 0.264 e. The molecule has 6 nitrogen and oxygen atoms in total. The van der Waals surface area contributed by atoms with Gasteiger partial charge in [0.15, 0.2) is 5.78 Å². The van der Waals surface area contributed by atoms with Gasteiger partial charge in [-0.25, -0.2) is 8.42 Å². The first-order valence-electron chi connectivity index (χ1n) is 11.9. The summed E-state index contributed by atoms with van der Waals surface area (Å²) < 4.78 is 28.6. The van der Waals surface area contributed by atoms with E-state index in [2.05, 4.69) is 5.32 Å². The minimum absolute atomic E-state index is 0.0716. The summed E-state index contributed by atoms with van der Waals surface area (Å²) in [4.78, 5) is 26.6. The molecule has 0 fully saturated rings. The van der Waals surface area contributed by atoms with E-state index in [1.165, 1.54) is 24.3 Å². The minimum Gasteiger partial charge on any atom is -0.324 e. The SMILES string of the molecule is Cc1ccc(S(=O)(=O)N(CC(=O)Nc2ccc(Cl)cc2C(=O)c2ccccc2)c2ccc(C)cc2C)cc1. The van der Waals surface area contributed by atoms with Gasteiger partial charge >= 0.3 is 0 Å². The van der Waals surface area contributed by atoms with Gasteiger partial charge in [-0.3, -0.25) is 13.9 Å². The van der Waals surface area contributed by atoms with Crippen molar-refractivity contribution >= 4 is 44.7 Å². The molecule has 0 saturated heterocycles. The lowest BCUT2D eigenvalue weighted by molar-refractivity contribution is -0.114. The van der Waals surface area contributed by atoms with Crippen LogP contribution in [0, 0.1) is 20.8 Å². The molecule has 0 spiro atoms. The fourth-order valence-electron chi connectivity index (χ4n) is 4.10. The molecule has 0 heterocycles. The van der Waals surface area contributed by atoms with Crippen molar-refractivity contribution in [3.8, 4) is 0 Å². The largest absolute Gasteiger partial charge is 0.324 e. The standard InChI is InChI=1S/C30H27ClN2O4S/c1-20-9-13-25(14-10-20)38(36,37)33(28-16-11-21(2)17-22(28)3)19-29(34)32-27-15-12-24(31)18-26(27)30(35)23-7-5-4-6-8-23/h4-18H,19H2,1-3H3,(H,32,34). The van der Waals surface area contributed by atoms with E-state index in [0.29, 0.717) is 21.8 Å². The Kier molecular flexibility index (Phi) is 7.99. The number of nitrogens with zero attached hydrogens (tertiary/aromatic N) is 1. The quantitative estimate of drug-likeness (QED) is 0.262. The Morgan fingerprint density at radius 1 is 0.816 bits per heavy atom. The third-order valence-corrected chi connectivity index (χ3v) is 8.06. The van der Waals surface area contributed by atoms with Crippen LogP contribution in [0.25, 0.3) is 0 Å². The lowest BCUT2D eigenvalue weighted by Crippen LogP contribution is -2.38. The number of carbonyl (C=O) groups is 2. The van der Waals surface area contributed by atoms with Gasteiger partial charge in [0.25, 0.3) is 10.0 Å². The topological polar surface area (TPSA) is 83.6 Å².